The summed E-state index contributed by atoms with van der Waals surface area (Å²) < 4.78 is 0. The van der Waals surface area contributed by atoms with Crippen LogP contribution in [0.25, 0.3) is 0 Å². The number of carbonyl (C=O) groups is 1. The molecule has 0 N–H and O–H groups in total. The summed E-state index contributed by atoms with van der Waals surface area (Å²) in [5.74, 6) is 1.87. The highest BCUT2D eigenvalue weighted by Gasteiger charge is 2.22. The van der Waals surface area contributed by atoms with Gasteiger partial charge in [0.1, 0.15) is 5.82 Å². The van der Waals surface area contributed by atoms with Crippen LogP contribution in [0, 0.1) is 5.92 Å². The van der Waals surface area contributed by atoms with Gasteiger partial charge in [-0.15, -0.1) is 0 Å². The van der Waals surface area contributed by atoms with E-state index in [1.54, 1.807) is 6.20 Å². The fraction of sp³-hybridized carbons (Fsp3) is 0.700. The molecule has 0 saturated carbocycles. The van der Waals surface area contributed by atoms with E-state index >= 15 is 0 Å². The van der Waals surface area contributed by atoms with E-state index in [4.69, 9.17) is 0 Å². The molecule has 138 valence electrons. The van der Waals surface area contributed by atoms with Crippen LogP contribution in [0.4, 0.5) is 5.82 Å². The van der Waals surface area contributed by atoms with Crippen molar-refractivity contribution in [3.8, 4) is 0 Å². The van der Waals surface area contributed by atoms with Gasteiger partial charge >= 0.3 is 0 Å². The number of aromatic nitrogens is 1. The van der Waals surface area contributed by atoms with Gasteiger partial charge in [-0.2, -0.15) is 0 Å². The molecule has 1 aromatic rings. The number of carbonyl (C=O) groups excluding carboxylic acids is 1. The summed E-state index contributed by atoms with van der Waals surface area (Å²) in [7, 11) is 0. The lowest BCUT2D eigenvalue weighted by atomic mass is 9.99. The Balaban J connectivity index is 1.59. The fourth-order valence-corrected chi connectivity index (χ4v) is 3.83. The number of likely N-dealkylation sites (tertiary alicyclic amines) is 1. The number of anilines is 1. The molecule has 3 heterocycles. The summed E-state index contributed by atoms with van der Waals surface area (Å²) >= 11 is 0. The van der Waals surface area contributed by atoms with Gasteiger partial charge in [-0.05, 0) is 56.8 Å². The maximum absolute atomic E-state index is 12.6. The zero-order valence-corrected chi connectivity index (χ0v) is 15.8. The minimum atomic E-state index is 0.135. The Morgan fingerprint density at radius 2 is 1.92 bits per heavy atom. The van der Waals surface area contributed by atoms with Crippen molar-refractivity contribution in [2.45, 2.75) is 39.5 Å². The highest BCUT2D eigenvalue weighted by atomic mass is 16.2. The Kier molecular flexibility index (Phi) is 6.29. The zero-order valence-electron chi connectivity index (χ0n) is 15.8. The molecule has 1 amide bonds. The smallest absolute Gasteiger partial charge is 0.255 e. The van der Waals surface area contributed by atoms with Gasteiger partial charge in [0.25, 0.3) is 5.91 Å². The number of pyridine rings is 1. The molecule has 0 atom stereocenters. The lowest BCUT2D eigenvalue weighted by molar-refractivity contribution is 0.0697. The van der Waals surface area contributed by atoms with E-state index in [0.29, 0.717) is 0 Å². The third-order valence-electron chi connectivity index (χ3n) is 5.52. The normalized spacial score (nSPS) is 20.6. The first kappa shape index (κ1) is 18.2. The van der Waals surface area contributed by atoms with Crippen molar-refractivity contribution in [1.29, 1.82) is 0 Å². The number of hydrogen-bond donors (Lipinski definition) is 0. The van der Waals surface area contributed by atoms with Gasteiger partial charge in [0.2, 0.25) is 0 Å². The van der Waals surface area contributed by atoms with Crippen LogP contribution in [0.3, 0.4) is 0 Å². The molecule has 2 saturated heterocycles. The lowest BCUT2D eigenvalue weighted by Gasteiger charge is -2.30. The van der Waals surface area contributed by atoms with Crippen molar-refractivity contribution in [2.75, 3.05) is 50.7 Å². The second-order valence-corrected chi connectivity index (χ2v) is 7.56. The summed E-state index contributed by atoms with van der Waals surface area (Å²) in [6.45, 7) is 11.8. The van der Waals surface area contributed by atoms with E-state index in [1.165, 1.54) is 25.9 Å². The van der Waals surface area contributed by atoms with Crippen molar-refractivity contribution in [3.05, 3.63) is 23.9 Å². The molecule has 2 aliphatic rings. The minimum absolute atomic E-state index is 0.135. The molecule has 0 aliphatic carbocycles. The largest absolute Gasteiger partial charge is 0.355 e. The molecule has 0 spiro atoms. The van der Waals surface area contributed by atoms with Crippen LogP contribution >= 0.6 is 0 Å². The maximum Gasteiger partial charge on any atom is 0.255 e. The third kappa shape index (κ3) is 4.72. The molecular weight excluding hydrogens is 312 g/mol. The number of hydrogen-bond acceptors (Lipinski definition) is 4. The quantitative estimate of drug-likeness (QED) is 0.842. The number of nitrogens with zero attached hydrogens (tertiary/aromatic N) is 4. The Morgan fingerprint density at radius 1 is 1.12 bits per heavy atom. The maximum atomic E-state index is 12.6. The van der Waals surface area contributed by atoms with Crippen LogP contribution in [0.2, 0.25) is 0 Å². The zero-order chi connectivity index (χ0) is 17.6. The van der Waals surface area contributed by atoms with Gasteiger partial charge in [-0.25, -0.2) is 4.98 Å². The molecule has 5 heteroatoms. The molecule has 5 nitrogen and oxygen atoms in total. The number of piperidine rings is 1. The van der Waals surface area contributed by atoms with Crippen molar-refractivity contribution in [3.63, 3.8) is 0 Å². The molecule has 25 heavy (non-hydrogen) atoms. The Labute approximate surface area is 152 Å². The first-order valence-electron chi connectivity index (χ1n) is 9.90. The lowest BCUT2D eigenvalue weighted by Crippen LogP contribution is -2.38. The Bertz CT molecular complexity index is 551. The van der Waals surface area contributed by atoms with Crippen LogP contribution < -0.4 is 4.90 Å². The van der Waals surface area contributed by atoms with Gasteiger partial charge in [0, 0.05) is 38.9 Å². The van der Waals surface area contributed by atoms with Crippen LogP contribution in [0.15, 0.2) is 18.3 Å². The second-order valence-electron chi connectivity index (χ2n) is 7.56. The van der Waals surface area contributed by atoms with Gasteiger partial charge in [-0.1, -0.05) is 13.8 Å². The van der Waals surface area contributed by atoms with E-state index < -0.39 is 0 Å². The molecule has 0 unspecified atom stereocenters. The second kappa shape index (κ2) is 8.65. The average molecular weight is 345 g/mol. The van der Waals surface area contributed by atoms with Crippen molar-refractivity contribution in [1.82, 2.24) is 14.8 Å². The standard InChI is InChI=1S/C20H32N4O/c1-3-9-22-10-4-11-23(15-14-22)19-6-5-18(16-21-19)20(25)24-12-7-17(2)8-13-24/h5-6,16-17H,3-4,7-15H2,1-2H3. The van der Waals surface area contributed by atoms with Crippen molar-refractivity contribution < 1.29 is 4.79 Å². The van der Waals surface area contributed by atoms with E-state index in [2.05, 4.69) is 28.6 Å². The molecule has 1 aromatic heterocycles. The first-order valence-corrected chi connectivity index (χ1v) is 9.90. The van der Waals surface area contributed by atoms with Crippen molar-refractivity contribution in [2.24, 2.45) is 5.92 Å². The molecule has 0 bridgehead atoms. The van der Waals surface area contributed by atoms with Crippen LogP contribution in [-0.2, 0) is 0 Å². The van der Waals surface area contributed by atoms with Gasteiger partial charge in [0.05, 0.1) is 5.56 Å². The third-order valence-corrected chi connectivity index (χ3v) is 5.52. The monoisotopic (exact) mass is 344 g/mol. The van der Waals surface area contributed by atoms with Crippen LogP contribution in [0.5, 0.6) is 0 Å². The van der Waals surface area contributed by atoms with Crippen LogP contribution in [-0.4, -0.2) is 66.5 Å². The van der Waals surface area contributed by atoms with Crippen LogP contribution in [0.1, 0.15) is 49.9 Å². The SMILES string of the molecule is CCCN1CCCN(c2ccc(C(=O)N3CCC(C)CC3)cn2)CC1. The molecule has 2 aliphatic heterocycles. The van der Waals surface area contributed by atoms with Gasteiger partial charge in [0.15, 0.2) is 0 Å². The average Bonchev–Trinajstić information content (AvgIpc) is 2.88. The number of rotatable bonds is 4. The first-order chi connectivity index (χ1) is 12.2. The Hall–Kier alpha value is -1.62. The van der Waals surface area contributed by atoms with E-state index in [0.717, 1.165) is 62.9 Å². The molecule has 0 radical (unpaired) electrons. The van der Waals surface area contributed by atoms with E-state index in [1.807, 2.05) is 17.0 Å². The minimum Gasteiger partial charge on any atom is -0.355 e. The molecule has 2 fully saturated rings. The van der Waals surface area contributed by atoms with Gasteiger partial charge in [-0.3, -0.25) is 4.79 Å². The Morgan fingerprint density at radius 3 is 2.60 bits per heavy atom. The van der Waals surface area contributed by atoms with Crippen molar-refractivity contribution >= 4 is 11.7 Å². The predicted octanol–water partition coefficient (Wildman–Crippen LogP) is 2.88. The molecule has 0 aromatic carbocycles. The summed E-state index contributed by atoms with van der Waals surface area (Å²) in [5.41, 5.74) is 0.723. The predicted molar refractivity (Wildman–Crippen MR) is 102 cm³/mol. The summed E-state index contributed by atoms with van der Waals surface area (Å²) in [6, 6.07) is 3.98. The highest BCUT2D eigenvalue weighted by Crippen LogP contribution is 2.19. The highest BCUT2D eigenvalue weighted by molar-refractivity contribution is 5.94. The number of amides is 1. The fourth-order valence-electron chi connectivity index (χ4n) is 3.83. The van der Waals surface area contributed by atoms with Gasteiger partial charge < -0.3 is 14.7 Å². The summed E-state index contributed by atoms with van der Waals surface area (Å²) in [6.07, 6.45) is 6.38. The molecular formula is C20H32N4O. The molecule has 3 rings (SSSR count). The van der Waals surface area contributed by atoms with E-state index in [9.17, 15) is 4.79 Å². The van der Waals surface area contributed by atoms with E-state index in [-0.39, 0.29) is 5.91 Å². The summed E-state index contributed by atoms with van der Waals surface area (Å²) in [5, 5.41) is 0. The summed E-state index contributed by atoms with van der Waals surface area (Å²) in [4.78, 5) is 24.1. The topological polar surface area (TPSA) is 39.7 Å².